The maximum atomic E-state index is 13.1. The molecule has 0 aliphatic heterocycles. The second-order valence-electron chi connectivity index (χ2n) is 28.6. The van der Waals surface area contributed by atoms with E-state index in [1.807, 2.05) is 0 Å². The number of phosphoric acid groups is 2. The van der Waals surface area contributed by atoms with Crippen LogP contribution in [0.3, 0.4) is 0 Å². The van der Waals surface area contributed by atoms with Gasteiger partial charge in [-0.15, -0.1) is 0 Å². The van der Waals surface area contributed by atoms with Crippen LogP contribution in [0.15, 0.2) is 0 Å². The lowest BCUT2D eigenvalue weighted by molar-refractivity contribution is -0.161. The highest BCUT2D eigenvalue weighted by Gasteiger charge is 2.30. The van der Waals surface area contributed by atoms with Crippen molar-refractivity contribution < 1.29 is 80.2 Å². The van der Waals surface area contributed by atoms with Gasteiger partial charge in [-0.05, 0) is 31.6 Å². The molecule has 0 fully saturated rings. The highest BCUT2D eigenvalue weighted by molar-refractivity contribution is 7.47. The quantitative estimate of drug-likeness (QED) is 0.0222. The van der Waals surface area contributed by atoms with E-state index in [0.29, 0.717) is 25.7 Å². The van der Waals surface area contributed by atoms with Crippen molar-refractivity contribution >= 4 is 39.5 Å². The largest absolute Gasteiger partial charge is 0.472 e. The standard InChI is InChI=1S/C78H152O17P2/c1-6-9-12-15-18-20-22-23-24-25-26-27-28-29-30-31-36-40-44-49-54-59-64-78(83)95-74(68-89-76(81)62-57-52-47-42-39-35-33-32-34-38-41-46-50-55-60-71(4)5)70-93-97(86,87)91-66-72(79)65-90-96(84,85)92-69-73(67-88-75(80)61-56-51-45-17-14-11-8-3)94-77(82)63-58-53-48-43-37-21-19-16-13-10-7-2/h71-74,79H,6-70H2,1-5H3,(H,84,85)(H,86,87)/t72-,73+,74+/m0/s1. The molecule has 0 aromatic heterocycles. The van der Waals surface area contributed by atoms with Crippen LogP contribution in [0.4, 0.5) is 0 Å². The third-order valence-corrected chi connectivity index (χ3v) is 20.2. The molecule has 97 heavy (non-hydrogen) atoms. The fraction of sp³-hybridized carbons (Fsp3) is 0.949. The van der Waals surface area contributed by atoms with E-state index in [4.69, 9.17) is 37.0 Å². The van der Waals surface area contributed by atoms with Gasteiger partial charge in [0.1, 0.15) is 19.3 Å². The van der Waals surface area contributed by atoms with Crippen LogP contribution in [-0.4, -0.2) is 96.7 Å². The Morgan fingerprint density at radius 3 is 0.701 bits per heavy atom. The minimum absolute atomic E-state index is 0.107. The lowest BCUT2D eigenvalue weighted by atomic mass is 10.0. The van der Waals surface area contributed by atoms with E-state index >= 15 is 0 Å². The molecule has 0 rings (SSSR count). The molecule has 3 N–H and O–H groups in total. The zero-order valence-electron chi connectivity index (χ0n) is 63.2. The fourth-order valence-corrected chi connectivity index (χ4v) is 13.6. The molecule has 0 bridgehead atoms. The van der Waals surface area contributed by atoms with Crippen LogP contribution in [0.1, 0.15) is 413 Å². The molecule has 0 amide bonds. The summed E-state index contributed by atoms with van der Waals surface area (Å²) in [5.41, 5.74) is 0. The Morgan fingerprint density at radius 1 is 0.278 bits per heavy atom. The van der Waals surface area contributed by atoms with Crippen molar-refractivity contribution in [2.45, 2.75) is 432 Å². The highest BCUT2D eigenvalue weighted by Crippen LogP contribution is 2.45. The number of unbranched alkanes of at least 4 members (excludes halogenated alkanes) is 50. The van der Waals surface area contributed by atoms with E-state index < -0.39 is 97.5 Å². The lowest BCUT2D eigenvalue weighted by Gasteiger charge is -2.21. The van der Waals surface area contributed by atoms with Gasteiger partial charge in [0.15, 0.2) is 12.2 Å². The van der Waals surface area contributed by atoms with Gasteiger partial charge in [0, 0.05) is 25.7 Å². The summed E-state index contributed by atoms with van der Waals surface area (Å²) in [6.45, 7) is 7.28. The maximum Gasteiger partial charge on any atom is 0.472 e. The summed E-state index contributed by atoms with van der Waals surface area (Å²) < 4.78 is 68.4. The van der Waals surface area contributed by atoms with Crippen molar-refractivity contribution in [1.82, 2.24) is 0 Å². The van der Waals surface area contributed by atoms with Crippen LogP contribution in [0.5, 0.6) is 0 Å². The third kappa shape index (κ3) is 72.2. The van der Waals surface area contributed by atoms with E-state index in [1.165, 1.54) is 225 Å². The van der Waals surface area contributed by atoms with Gasteiger partial charge in [-0.1, -0.05) is 362 Å². The summed E-state index contributed by atoms with van der Waals surface area (Å²) in [4.78, 5) is 72.7. The molecule has 0 aliphatic carbocycles. The predicted octanol–water partition coefficient (Wildman–Crippen LogP) is 23.3. The minimum Gasteiger partial charge on any atom is -0.462 e. The Balaban J connectivity index is 5.15. The monoisotopic (exact) mass is 1420 g/mol. The average molecular weight is 1420 g/mol. The molecule has 2 unspecified atom stereocenters. The Bertz CT molecular complexity index is 1860. The number of carbonyl (C=O) groups excluding carboxylic acids is 4. The fourth-order valence-electron chi connectivity index (χ4n) is 12.1. The first kappa shape index (κ1) is 95.1. The van der Waals surface area contributed by atoms with Crippen molar-refractivity contribution in [2.24, 2.45) is 5.92 Å². The topological polar surface area (TPSA) is 237 Å². The normalized spacial score (nSPS) is 13.9. The summed E-state index contributed by atoms with van der Waals surface area (Å²) in [5, 5.41) is 10.6. The summed E-state index contributed by atoms with van der Waals surface area (Å²) in [7, 11) is -9.90. The molecule has 5 atom stereocenters. The Hall–Kier alpha value is -1.94. The molecule has 0 radical (unpaired) electrons. The minimum atomic E-state index is -4.96. The zero-order chi connectivity index (χ0) is 71.2. The molecule has 17 nitrogen and oxygen atoms in total. The van der Waals surface area contributed by atoms with Gasteiger partial charge in [-0.2, -0.15) is 0 Å². The molecule has 0 saturated heterocycles. The van der Waals surface area contributed by atoms with Gasteiger partial charge in [-0.3, -0.25) is 37.3 Å². The van der Waals surface area contributed by atoms with E-state index in [2.05, 4.69) is 34.6 Å². The molecular formula is C78H152O17P2. The molecule has 0 aromatic rings. The number of phosphoric ester groups is 2. The van der Waals surface area contributed by atoms with Crippen molar-refractivity contribution in [3.63, 3.8) is 0 Å². The molecule has 576 valence electrons. The smallest absolute Gasteiger partial charge is 0.462 e. The van der Waals surface area contributed by atoms with Gasteiger partial charge in [0.25, 0.3) is 0 Å². The number of hydrogen-bond acceptors (Lipinski definition) is 15. The van der Waals surface area contributed by atoms with Crippen LogP contribution in [-0.2, 0) is 65.4 Å². The number of rotatable bonds is 78. The Labute approximate surface area is 594 Å². The Morgan fingerprint density at radius 2 is 0.474 bits per heavy atom. The number of esters is 4. The summed E-state index contributed by atoms with van der Waals surface area (Å²) >= 11 is 0. The van der Waals surface area contributed by atoms with Crippen LogP contribution >= 0.6 is 15.6 Å². The van der Waals surface area contributed by atoms with Gasteiger partial charge in [0.2, 0.25) is 0 Å². The lowest BCUT2D eigenvalue weighted by Crippen LogP contribution is -2.30. The second-order valence-corrected chi connectivity index (χ2v) is 31.5. The SMILES string of the molecule is CCCCCCCCCCCCCCCCCCCCCCCCC(=O)O[C@H](COC(=O)CCCCCCCCCCCCCCCCC(C)C)COP(=O)(O)OC[C@@H](O)COP(=O)(O)OC[C@@H](COC(=O)CCCCCCCCC)OC(=O)CCCCCCCCCCCCC. The van der Waals surface area contributed by atoms with Gasteiger partial charge >= 0.3 is 39.5 Å². The average Bonchev–Trinajstić information content (AvgIpc) is 2.14. The summed E-state index contributed by atoms with van der Waals surface area (Å²) in [6, 6.07) is 0. The highest BCUT2D eigenvalue weighted by atomic mass is 31.2. The van der Waals surface area contributed by atoms with Crippen LogP contribution in [0.25, 0.3) is 0 Å². The van der Waals surface area contributed by atoms with Crippen LogP contribution < -0.4 is 0 Å². The molecule has 0 aliphatic rings. The van der Waals surface area contributed by atoms with E-state index in [0.717, 1.165) is 109 Å². The van der Waals surface area contributed by atoms with Gasteiger partial charge in [0.05, 0.1) is 26.4 Å². The summed E-state index contributed by atoms with van der Waals surface area (Å²) in [5.74, 6) is -1.32. The molecular weight excluding hydrogens is 1270 g/mol. The van der Waals surface area contributed by atoms with Crippen LogP contribution in [0.2, 0.25) is 0 Å². The summed E-state index contributed by atoms with van der Waals surface area (Å²) in [6.07, 6.45) is 61.3. The first-order chi connectivity index (χ1) is 47.0. The Kier molecular flexibility index (Phi) is 69.6. The number of aliphatic hydroxyl groups is 1. The molecule has 0 heterocycles. The van der Waals surface area contributed by atoms with Crippen molar-refractivity contribution in [1.29, 1.82) is 0 Å². The van der Waals surface area contributed by atoms with E-state index in [-0.39, 0.29) is 25.7 Å². The van der Waals surface area contributed by atoms with Crippen molar-refractivity contribution in [3.05, 3.63) is 0 Å². The number of ether oxygens (including phenoxy) is 4. The number of hydrogen-bond donors (Lipinski definition) is 3. The van der Waals surface area contributed by atoms with Gasteiger partial charge in [-0.25, -0.2) is 9.13 Å². The predicted molar refractivity (Wildman–Crippen MR) is 395 cm³/mol. The molecule has 0 spiro atoms. The number of aliphatic hydroxyl groups excluding tert-OH is 1. The van der Waals surface area contributed by atoms with Gasteiger partial charge < -0.3 is 33.8 Å². The second kappa shape index (κ2) is 71.1. The maximum absolute atomic E-state index is 13.1. The van der Waals surface area contributed by atoms with Crippen molar-refractivity contribution in [2.75, 3.05) is 39.6 Å². The first-order valence-corrected chi connectivity index (χ1v) is 43.6. The zero-order valence-corrected chi connectivity index (χ0v) is 65.0. The molecule has 0 saturated carbocycles. The van der Waals surface area contributed by atoms with Crippen molar-refractivity contribution in [3.8, 4) is 0 Å². The third-order valence-electron chi connectivity index (χ3n) is 18.3. The number of carbonyl (C=O) groups is 4. The van der Waals surface area contributed by atoms with E-state index in [1.54, 1.807) is 0 Å². The molecule has 19 heteroatoms. The van der Waals surface area contributed by atoms with Crippen LogP contribution in [0, 0.1) is 5.92 Å². The molecule has 0 aromatic carbocycles. The van der Waals surface area contributed by atoms with E-state index in [9.17, 15) is 43.2 Å². The first-order valence-electron chi connectivity index (χ1n) is 40.6.